The molecule has 1 amide bonds. The lowest BCUT2D eigenvalue weighted by molar-refractivity contribution is -0.137. The normalized spacial score (nSPS) is 12.0. The van der Waals surface area contributed by atoms with Gasteiger partial charge in [0.1, 0.15) is 6.04 Å². The number of thioether (sulfide) groups is 1. The van der Waals surface area contributed by atoms with Gasteiger partial charge in [-0.05, 0) is 12.1 Å². The standard InChI is InChI=1S/C11H11Cl3N2O3S/c12-5-1-7(14)9(2-6(5)13)16-10(17)4-20-3-8(15)11(18)19/h1-2,8H,3-4,15H2,(H,16,17)(H,18,19)/t8-/m1/s1. The van der Waals surface area contributed by atoms with Gasteiger partial charge in [-0.15, -0.1) is 11.8 Å². The lowest BCUT2D eigenvalue weighted by Gasteiger charge is -2.09. The highest BCUT2D eigenvalue weighted by Crippen LogP contribution is 2.32. The van der Waals surface area contributed by atoms with E-state index in [0.29, 0.717) is 5.69 Å². The van der Waals surface area contributed by atoms with E-state index in [1.165, 1.54) is 12.1 Å². The van der Waals surface area contributed by atoms with Crippen LogP contribution in [0.5, 0.6) is 0 Å². The molecule has 0 aliphatic carbocycles. The molecule has 9 heteroatoms. The van der Waals surface area contributed by atoms with Crippen LogP contribution in [0.4, 0.5) is 5.69 Å². The number of benzene rings is 1. The van der Waals surface area contributed by atoms with Crippen molar-refractivity contribution < 1.29 is 14.7 Å². The highest BCUT2D eigenvalue weighted by atomic mass is 35.5. The fourth-order valence-electron chi connectivity index (χ4n) is 1.15. The molecule has 1 aromatic rings. The molecule has 0 bridgehead atoms. The van der Waals surface area contributed by atoms with E-state index in [2.05, 4.69) is 5.32 Å². The summed E-state index contributed by atoms with van der Waals surface area (Å²) in [6.45, 7) is 0. The summed E-state index contributed by atoms with van der Waals surface area (Å²) in [6.07, 6.45) is 0. The van der Waals surface area contributed by atoms with E-state index in [1.54, 1.807) is 0 Å². The van der Waals surface area contributed by atoms with E-state index < -0.39 is 12.0 Å². The van der Waals surface area contributed by atoms with Gasteiger partial charge in [0.25, 0.3) is 0 Å². The molecule has 1 rings (SSSR count). The maximum atomic E-state index is 11.7. The summed E-state index contributed by atoms with van der Waals surface area (Å²) in [5.74, 6) is -1.26. The Morgan fingerprint density at radius 1 is 1.25 bits per heavy atom. The molecule has 0 aromatic heterocycles. The van der Waals surface area contributed by atoms with Gasteiger partial charge < -0.3 is 16.2 Å². The first-order chi connectivity index (χ1) is 9.31. The molecule has 20 heavy (non-hydrogen) atoms. The number of carboxylic acid groups (broad SMARTS) is 1. The number of amides is 1. The minimum atomic E-state index is -1.11. The van der Waals surface area contributed by atoms with E-state index in [-0.39, 0.29) is 32.5 Å². The van der Waals surface area contributed by atoms with Gasteiger partial charge in [0.15, 0.2) is 0 Å². The first-order valence-corrected chi connectivity index (χ1v) is 7.60. The molecular formula is C11H11Cl3N2O3S. The fraction of sp³-hybridized carbons (Fsp3) is 0.273. The van der Waals surface area contributed by atoms with E-state index in [9.17, 15) is 9.59 Å². The minimum Gasteiger partial charge on any atom is -0.480 e. The maximum Gasteiger partial charge on any atom is 0.321 e. The summed E-state index contributed by atoms with van der Waals surface area (Å²) < 4.78 is 0. The third kappa shape index (κ3) is 5.38. The van der Waals surface area contributed by atoms with Crippen molar-refractivity contribution >= 4 is 64.1 Å². The monoisotopic (exact) mass is 356 g/mol. The molecule has 0 radical (unpaired) electrons. The Morgan fingerprint density at radius 2 is 1.85 bits per heavy atom. The molecule has 0 heterocycles. The van der Waals surface area contributed by atoms with Crippen LogP contribution in [0.2, 0.25) is 15.1 Å². The number of carbonyl (C=O) groups excluding carboxylic acids is 1. The van der Waals surface area contributed by atoms with Crippen molar-refractivity contribution in [3.8, 4) is 0 Å². The number of carboxylic acids is 1. The molecule has 0 aliphatic heterocycles. The zero-order valence-corrected chi connectivity index (χ0v) is 13.1. The molecule has 0 unspecified atom stereocenters. The van der Waals surface area contributed by atoms with Crippen molar-refractivity contribution in [3.63, 3.8) is 0 Å². The Hall–Kier alpha value is -0.660. The highest BCUT2D eigenvalue weighted by Gasteiger charge is 2.13. The summed E-state index contributed by atoms with van der Waals surface area (Å²) >= 11 is 18.6. The number of nitrogens with one attached hydrogen (secondary N) is 1. The van der Waals surface area contributed by atoms with Crippen molar-refractivity contribution in [2.45, 2.75) is 6.04 Å². The fourth-order valence-corrected chi connectivity index (χ4v) is 2.52. The lowest BCUT2D eigenvalue weighted by atomic mass is 10.3. The third-order valence-electron chi connectivity index (χ3n) is 2.13. The summed E-state index contributed by atoms with van der Waals surface area (Å²) in [4.78, 5) is 22.2. The molecule has 0 aliphatic rings. The van der Waals surface area contributed by atoms with Gasteiger partial charge in [0.05, 0.1) is 26.5 Å². The van der Waals surface area contributed by atoms with Crippen LogP contribution in [0.3, 0.4) is 0 Å². The van der Waals surface area contributed by atoms with Gasteiger partial charge in [-0.1, -0.05) is 34.8 Å². The smallest absolute Gasteiger partial charge is 0.321 e. The van der Waals surface area contributed by atoms with E-state index in [1.807, 2.05) is 0 Å². The van der Waals surface area contributed by atoms with Crippen LogP contribution in [-0.2, 0) is 9.59 Å². The summed E-state index contributed by atoms with van der Waals surface area (Å²) in [6, 6.07) is 1.87. The van der Waals surface area contributed by atoms with Crippen LogP contribution >= 0.6 is 46.6 Å². The number of hydrogen-bond acceptors (Lipinski definition) is 4. The van der Waals surface area contributed by atoms with Gasteiger partial charge in [-0.3, -0.25) is 9.59 Å². The SMILES string of the molecule is N[C@H](CSCC(=O)Nc1cc(Cl)c(Cl)cc1Cl)C(=O)O. The lowest BCUT2D eigenvalue weighted by Crippen LogP contribution is -2.33. The number of hydrogen-bond donors (Lipinski definition) is 3. The Kier molecular flexibility index (Phi) is 6.91. The number of carbonyl (C=O) groups is 2. The zero-order chi connectivity index (χ0) is 15.3. The average molecular weight is 358 g/mol. The van der Waals surface area contributed by atoms with Crippen LogP contribution in [0.15, 0.2) is 12.1 Å². The average Bonchev–Trinajstić information content (AvgIpc) is 2.35. The molecule has 0 spiro atoms. The Morgan fingerprint density at radius 3 is 2.45 bits per heavy atom. The van der Waals surface area contributed by atoms with Gasteiger partial charge in [0.2, 0.25) is 5.91 Å². The van der Waals surface area contributed by atoms with Crippen LogP contribution in [0, 0.1) is 0 Å². The number of aliphatic carboxylic acids is 1. The molecule has 4 N–H and O–H groups in total. The van der Waals surface area contributed by atoms with Gasteiger partial charge in [0, 0.05) is 5.75 Å². The van der Waals surface area contributed by atoms with Crippen molar-refractivity contribution in [1.82, 2.24) is 0 Å². The topological polar surface area (TPSA) is 92.4 Å². The Balaban J connectivity index is 2.51. The Labute approximate surface area is 134 Å². The van der Waals surface area contributed by atoms with Crippen LogP contribution in [0.25, 0.3) is 0 Å². The van der Waals surface area contributed by atoms with Crippen molar-refractivity contribution in [2.75, 3.05) is 16.8 Å². The second-order valence-corrected chi connectivity index (χ2v) is 6.01. The molecule has 1 atom stereocenters. The summed E-state index contributed by atoms with van der Waals surface area (Å²) in [7, 11) is 0. The predicted octanol–water partition coefficient (Wildman–Crippen LogP) is 2.73. The maximum absolute atomic E-state index is 11.7. The van der Waals surface area contributed by atoms with E-state index in [4.69, 9.17) is 45.6 Å². The van der Waals surface area contributed by atoms with Crippen LogP contribution < -0.4 is 11.1 Å². The molecule has 0 saturated carbocycles. The molecule has 110 valence electrons. The summed E-state index contributed by atoms with van der Waals surface area (Å²) in [5.41, 5.74) is 5.65. The number of anilines is 1. The zero-order valence-electron chi connectivity index (χ0n) is 10.0. The van der Waals surface area contributed by atoms with Gasteiger partial charge >= 0.3 is 5.97 Å². The van der Waals surface area contributed by atoms with E-state index >= 15 is 0 Å². The molecule has 5 nitrogen and oxygen atoms in total. The molecule has 0 fully saturated rings. The van der Waals surface area contributed by atoms with Gasteiger partial charge in [-0.25, -0.2) is 0 Å². The number of halogens is 3. The predicted molar refractivity (Wildman–Crippen MR) is 83.0 cm³/mol. The number of rotatable bonds is 6. The third-order valence-corrected chi connectivity index (χ3v) is 4.23. The van der Waals surface area contributed by atoms with Crippen molar-refractivity contribution in [1.29, 1.82) is 0 Å². The molecule has 0 saturated heterocycles. The van der Waals surface area contributed by atoms with Gasteiger partial charge in [-0.2, -0.15) is 0 Å². The van der Waals surface area contributed by atoms with E-state index in [0.717, 1.165) is 11.8 Å². The quantitative estimate of drug-likeness (QED) is 0.681. The minimum absolute atomic E-state index is 0.0531. The number of nitrogens with two attached hydrogens (primary N) is 1. The summed E-state index contributed by atoms with van der Waals surface area (Å²) in [5, 5.41) is 12.0. The largest absolute Gasteiger partial charge is 0.480 e. The Bertz CT molecular complexity index is 528. The second kappa shape index (κ2) is 7.95. The first-order valence-electron chi connectivity index (χ1n) is 5.31. The highest BCUT2D eigenvalue weighted by molar-refractivity contribution is 8.00. The van der Waals surface area contributed by atoms with Crippen molar-refractivity contribution in [3.05, 3.63) is 27.2 Å². The molecule has 1 aromatic carbocycles. The van der Waals surface area contributed by atoms with Crippen molar-refractivity contribution in [2.24, 2.45) is 5.73 Å². The first kappa shape index (κ1) is 17.4. The molecular weight excluding hydrogens is 347 g/mol. The van der Waals surface area contributed by atoms with Crippen LogP contribution in [-0.4, -0.2) is 34.5 Å². The second-order valence-electron chi connectivity index (χ2n) is 3.75. The van der Waals surface area contributed by atoms with Crippen LogP contribution in [0.1, 0.15) is 0 Å².